The Hall–Kier alpha value is -1.63. The summed E-state index contributed by atoms with van der Waals surface area (Å²) in [5.41, 5.74) is 0. The number of hydrogen-bond donors (Lipinski definition) is 1. The number of nitrogens with one attached hydrogen (secondary N) is 1. The fourth-order valence-electron chi connectivity index (χ4n) is 1.82. The molecule has 18 heavy (non-hydrogen) atoms. The van der Waals surface area contributed by atoms with E-state index in [1.807, 2.05) is 12.1 Å². The summed E-state index contributed by atoms with van der Waals surface area (Å²) in [6.07, 6.45) is 0.953. The number of hydrogen-bond acceptors (Lipinski definition) is 5. The van der Waals surface area contributed by atoms with Gasteiger partial charge >= 0.3 is 0 Å². The molecule has 98 valence electrons. The number of ether oxygens (including phenoxy) is 1. The predicted octanol–water partition coefficient (Wildman–Crippen LogP) is 0.0209. The first-order chi connectivity index (χ1) is 8.77. The van der Waals surface area contributed by atoms with Gasteiger partial charge in [0.2, 0.25) is 5.91 Å². The predicted molar refractivity (Wildman–Crippen MR) is 64.3 cm³/mol. The minimum atomic E-state index is -0.0245. The summed E-state index contributed by atoms with van der Waals surface area (Å²) < 4.78 is 5.29. The zero-order valence-corrected chi connectivity index (χ0v) is 10.4. The molecule has 6 heteroatoms. The lowest BCUT2D eigenvalue weighted by Crippen LogP contribution is -2.45. The molecular weight excluding hydrogens is 232 g/mol. The van der Waals surface area contributed by atoms with Crippen LogP contribution in [0, 0.1) is 22.7 Å². The first kappa shape index (κ1) is 14.4. The summed E-state index contributed by atoms with van der Waals surface area (Å²) >= 11 is 0. The van der Waals surface area contributed by atoms with Gasteiger partial charge in [-0.15, -0.1) is 0 Å². The van der Waals surface area contributed by atoms with Crippen LogP contribution >= 0.6 is 0 Å². The van der Waals surface area contributed by atoms with E-state index in [0.717, 1.165) is 6.54 Å². The number of carbonyl (C=O) groups excluding carboxylic acids is 1. The molecule has 0 radical (unpaired) electrons. The SMILES string of the molecule is N#CCCN(CCC#N)C(=O)CC1COCCN1. The number of nitriles is 2. The smallest absolute Gasteiger partial charge is 0.224 e. The first-order valence-corrected chi connectivity index (χ1v) is 6.10. The van der Waals surface area contributed by atoms with Crippen molar-refractivity contribution in [3.8, 4) is 12.1 Å². The monoisotopic (exact) mass is 250 g/mol. The van der Waals surface area contributed by atoms with Gasteiger partial charge in [0.05, 0.1) is 38.2 Å². The van der Waals surface area contributed by atoms with Gasteiger partial charge in [0.1, 0.15) is 0 Å². The maximum absolute atomic E-state index is 12.0. The average molecular weight is 250 g/mol. The lowest BCUT2D eigenvalue weighted by atomic mass is 10.1. The molecule has 0 aliphatic carbocycles. The summed E-state index contributed by atoms with van der Waals surface area (Å²) in [5, 5.41) is 20.3. The van der Waals surface area contributed by atoms with Crippen LogP contribution in [-0.2, 0) is 9.53 Å². The number of rotatable bonds is 6. The second kappa shape index (κ2) is 8.46. The van der Waals surface area contributed by atoms with Crippen molar-refractivity contribution in [1.29, 1.82) is 10.5 Å². The van der Waals surface area contributed by atoms with E-state index >= 15 is 0 Å². The molecule has 0 aromatic rings. The summed E-state index contributed by atoms with van der Waals surface area (Å²) in [4.78, 5) is 13.6. The molecule has 6 nitrogen and oxygen atoms in total. The number of nitrogens with zero attached hydrogens (tertiary/aromatic N) is 3. The van der Waals surface area contributed by atoms with Crippen LogP contribution in [0.15, 0.2) is 0 Å². The summed E-state index contributed by atoms with van der Waals surface area (Å²) in [5.74, 6) is -0.0245. The third kappa shape index (κ3) is 5.13. The third-order valence-corrected chi connectivity index (χ3v) is 2.76. The highest BCUT2D eigenvalue weighted by Crippen LogP contribution is 2.04. The van der Waals surface area contributed by atoms with Crippen LogP contribution in [-0.4, -0.2) is 49.7 Å². The Kier molecular flexibility index (Phi) is 6.78. The fourth-order valence-corrected chi connectivity index (χ4v) is 1.82. The Morgan fingerprint density at radius 3 is 2.50 bits per heavy atom. The molecule has 0 spiro atoms. The molecule has 1 saturated heterocycles. The highest BCUT2D eigenvalue weighted by atomic mass is 16.5. The van der Waals surface area contributed by atoms with Gasteiger partial charge in [0, 0.05) is 32.1 Å². The van der Waals surface area contributed by atoms with Crippen LogP contribution < -0.4 is 5.32 Å². The van der Waals surface area contributed by atoms with Crippen LogP contribution in [0.3, 0.4) is 0 Å². The lowest BCUT2D eigenvalue weighted by molar-refractivity contribution is -0.132. The van der Waals surface area contributed by atoms with Crippen molar-refractivity contribution in [1.82, 2.24) is 10.2 Å². The molecule has 1 atom stereocenters. The molecule has 1 heterocycles. The second-order valence-corrected chi connectivity index (χ2v) is 4.13. The minimum Gasteiger partial charge on any atom is -0.378 e. The topological polar surface area (TPSA) is 89.2 Å². The van der Waals surface area contributed by atoms with E-state index in [0.29, 0.717) is 45.6 Å². The van der Waals surface area contributed by atoms with Crippen LogP contribution in [0.2, 0.25) is 0 Å². The van der Waals surface area contributed by atoms with E-state index < -0.39 is 0 Å². The van der Waals surface area contributed by atoms with Crippen LogP contribution in [0.4, 0.5) is 0 Å². The van der Waals surface area contributed by atoms with Crippen molar-refractivity contribution < 1.29 is 9.53 Å². The Morgan fingerprint density at radius 1 is 1.33 bits per heavy atom. The Balaban J connectivity index is 2.41. The van der Waals surface area contributed by atoms with Gasteiger partial charge in [-0.3, -0.25) is 4.79 Å². The summed E-state index contributed by atoms with van der Waals surface area (Å²) in [6.45, 7) is 2.76. The maximum Gasteiger partial charge on any atom is 0.224 e. The molecule has 1 unspecified atom stereocenters. The largest absolute Gasteiger partial charge is 0.378 e. The van der Waals surface area contributed by atoms with E-state index in [1.54, 1.807) is 4.90 Å². The first-order valence-electron chi connectivity index (χ1n) is 6.10. The molecule has 1 amide bonds. The highest BCUT2D eigenvalue weighted by Gasteiger charge is 2.20. The van der Waals surface area contributed by atoms with Crippen molar-refractivity contribution in [2.45, 2.75) is 25.3 Å². The Bertz CT molecular complexity index is 321. The van der Waals surface area contributed by atoms with Gasteiger partial charge in [-0.1, -0.05) is 0 Å². The van der Waals surface area contributed by atoms with Gasteiger partial charge in [-0.25, -0.2) is 0 Å². The fraction of sp³-hybridized carbons (Fsp3) is 0.750. The average Bonchev–Trinajstić information content (AvgIpc) is 2.40. The number of amides is 1. The number of morpholine rings is 1. The molecular formula is C12H18N4O2. The Morgan fingerprint density at radius 2 is 2.00 bits per heavy atom. The quantitative estimate of drug-likeness (QED) is 0.718. The van der Waals surface area contributed by atoms with Crippen molar-refractivity contribution in [2.75, 3.05) is 32.8 Å². The molecule has 1 aliphatic heterocycles. The van der Waals surface area contributed by atoms with Gasteiger partial charge in [0.25, 0.3) is 0 Å². The van der Waals surface area contributed by atoms with E-state index in [-0.39, 0.29) is 11.9 Å². The van der Waals surface area contributed by atoms with Crippen LogP contribution in [0.5, 0.6) is 0 Å². The zero-order chi connectivity index (χ0) is 13.2. The van der Waals surface area contributed by atoms with Crippen molar-refractivity contribution in [3.63, 3.8) is 0 Å². The molecule has 1 aliphatic rings. The van der Waals surface area contributed by atoms with Gasteiger partial charge in [-0.05, 0) is 0 Å². The normalized spacial score (nSPS) is 18.7. The molecule has 0 saturated carbocycles. The van der Waals surface area contributed by atoms with E-state index in [2.05, 4.69) is 5.32 Å². The third-order valence-electron chi connectivity index (χ3n) is 2.76. The molecule has 1 fully saturated rings. The molecule has 0 aromatic carbocycles. The Labute approximate surface area is 107 Å². The second-order valence-electron chi connectivity index (χ2n) is 4.13. The molecule has 0 aromatic heterocycles. The molecule has 1 N–H and O–H groups in total. The zero-order valence-electron chi connectivity index (χ0n) is 10.4. The van der Waals surface area contributed by atoms with Gasteiger partial charge < -0.3 is 15.0 Å². The van der Waals surface area contributed by atoms with E-state index in [9.17, 15) is 4.79 Å². The molecule has 1 rings (SSSR count). The summed E-state index contributed by atoms with van der Waals surface area (Å²) in [7, 11) is 0. The van der Waals surface area contributed by atoms with Crippen LogP contribution in [0.1, 0.15) is 19.3 Å². The highest BCUT2D eigenvalue weighted by molar-refractivity contribution is 5.76. The van der Waals surface area contributed by atoms with Crippen LogP contribution in [0.25, 0.3) is 0 Å². The minimum absolute atomic E-state index is 0.0245. The van der Waals surface area contributed by atoms with Gasteiger partial charge in [0.15, 0.2) is 0 Å². The lowest BCUT2D eigenvalue weighted by Gasteiger charge is -2.27. The summed E-state index contributed by atoms with van der Waals surface area (Å²) in [6, 6.07) is 4.07. The van der Waals surface area contributed by atoms with E-state index in [4.69, 9.17) is 15.3 Å². The number of carbonyl (C=O) groups is 1. The van der Waals surface area contributed by atoms with Crippen molar-refractivity contribution in [3.05, 3.63) is 0 Å². The maximum atomic E-state index is 12.0. The van der Waals surface area contributed by atoms with Crippen molar-refractivity contribution in [2.24, 2.45) is 0 Å². The molecule has 0 bridgehead atoms. The standard InChI is InChI=1S/C12H18N4O2/c13-3-1-6-16(7-2-4-14)12(17)9-11-10-18-8-5-15-11/h11,15H,1-2,5-10H2. The van der Waals surface area contributed by atoms with Gasteiger partial charge in [-0.2, -0.15) is 10.5 Å². The van der Waals surface area contributed by atoms with Crippen molar-refractivity contribution >= 4 is 5.91 Å². The van der Waals surface area contributed by atoms with E-state index in [1.165, 1.54) is 0 Å².